The first-order chi connectivity index (χ1) is 7.53. The van der Waals surface area contributed by atoms with Crippen LogP contribution in [0.2, 0.25) is 5.02 Å². The predicted molar refractivity (Wildman–Crippen MR) is 63.7 cm³/mol. The fraction of sp³-hybridized carbons (Fsp3) is 0.333. The number of nitrogens with zero attached hydrogens (tertiary/aromatic N) is 1. The monoisotopic (exact) mass is 261 g/mol. The third-order valence-electron chi connectivity index (χ3n) is 2.39. The number of benzene rings is 1. The lowest BCUT2D eigenvalue weighted by Crippen LogP contribution is -2.33. The van der Waals surface area contributed by atoms with Crippen molar-refractivity contribution in [1.82, 2.24) is 4.72 Å². The molecule has 1 unspecified atom stereocenters. The molecule has 1 saturated heterocycles. The minimum absolute atomic E-state index is 0.235. The van der Waals surface area contributed by atoms with Gasteiger partial charge in [0.1, 0.15) is 0 Å². The molecule has 1 heterocycles. The minimum Gasteiger partial charge on any atom is -0.329 e. The van der Waals surface area contributed by atoms with Crippen LogP contribution >= 0.6 is 11.6 Å². The molecular weight excluding hydrogens is 250 g/mol. The van der Waals surface area contributed by atoms with Gasteiger partial charge in [-0.15, -0.1) is 0 Å². The second-order valence-corrected chi connectivity index (χ2v) is 5.63. The summed E-state index contributed by atoms with van der Waals surface area (Å²) in [5.74, 6) is 0. The second-order valence-electron chi connectivity index (χ2n) is 3.56. The molecule has 88 valence electrons. The van der Waals surface area contributed by atoms with Gasteiger partial charge in [-0.3, -0.25) is 4.31 Å². The molecule has 2 rings (SSSR count). The van der Waals surface area contributed by atoms with Crippen LogP contribution in [0.1, 0.15) is 0 Å². The highest BCUT2D eigenvalue weighted by atomic mass is 35.5. The van der Waals surface area contributed by atoms with E-state index in [0.29, 0.717) is 17.3 Å². The third-order valence-corrected chi connectivity index (χ3v) is 4.21. The van der Waals surface area contributed by atoms with Gasteiger partial charge < -0.3 is 5.73 Å². The molecule has 1 aromatic rings. The third kappa shape index (κ3) is 2.15. The van der Waals surface area contributed by atoms with Crippen LogP contribution in [0.5, 0.6) is 0 Å². The number of hydrogen-bond acceptors (Lipinski definition) is 3. The summed E-state index contributed by atoms with van der Waals surface area (Å²) in [6, 6.07) is 6.41. The largest absolute Gasteiger partial charge is 0.329 e. The van der Waals surface area contributed by atoms with E-state index >= 15 is 0 Å². The summed E-state index contributed by atoms with van der Waals surface area (Å²) in [6.45, 7) is 0.629. The summed E-state index contributed by atoms with van der Waals surface area (Å²) >= 11 is 5.74. The van der Waals surface area contributed by atoms with Crippen LogP contribution in [0.4, 0.5) is 5.69 Å². The van der Waals surface area contributed by atoms with Crippen LogP contribution in [0.3, 0.4) is 0 Å². The molecule has 7 heteroatoms. The van der Waals surface area contributed by atoms with Gasteiger partial charge >= 0.3 is 10.2 Å². The molecule has 16 heavy (non-hydrogen) atoms. The van der Waals surface area contributed by atoms with Gasteiger partial charge in [0.05, 0.1) is 18.3 Å². The Kier molecular flexibility index (Phi) is 3.07. The van der Waals surface area contributed by atoms with Gasteiger partial charge in [-0.25, -0.2) is 0 Å². The van der Waals surface area contributed by atoms with Gasteiger partial charge in [-0.2, -0.15) is 13.1 Å². The van der Waals surface area contributed by atoms with Crippen molar-refractivity contribution in [1.29, 1.82) is 0 Å². The van der Waals surface area contributed by atoms with E-state index in [9.17, 15) is 8.42 Å². The smallest absolute Gasteiger partial charge is 0.301 e. The Morgan fingerprint density at radius 1 is 1.44 bits per heavy atom. The van der Waals surface area contributed by atoms with Crippen LogP contribution in [0, 0.1) is 0 Å². The number of hydrogen-bond donors (Lipinski definition) is 2. The molecule has 1 atom stereocenters. The second kappa shape index (κ2) is 4.21. The maximum atomic E-state index is 11.7. The maximum absolute atomic E-state index is 11.7. The van der Waals surface area contributed by atoms with Crippen LogP contribution in [0.25, 0.3) is 0 Å². The van der Waals surface area contributed by atoms with Crippen molar-refractivity contribution >= 4 is 27.5 Å². The molecule has 1 fully saturated rings. The van der Waals surface area contributed by atoms with Crippen LogP contribution in [-0.4, -0.2) is 27.5 Å². The Morgan fingerprint density at radius 3 is 2.56 bits per heavy atom. The van der Waals surface area contributed by atoms with Gasteiger partial charge in [-0.1, -0.05) is 11.6 Å². The SMILES string of the molecule is NCC1CN(c2ccc(Cl)cc2)S(=O)(=O)N1. The molecule has 1 aromatic carbocycles. The molecule has 0 spiro atoms. The summed E-state index contributed by atoms with van der Waals surface area (Å²) < 4.78 is 27.3. The average Bonchev–Trinajstić information content (AvgIpc) is 2.55. The summed E-state index contributed by atoms with van der Waals surface area (Å²) in [7, 11) is -3.45. The van der Waals surface area contributed by atoms with E-state index < -0.39 is 10.2 Å². The predicted octanol–water partition coefficient (Wildman–Crippen LogP) is 0.322. The van der Waals surface area contributed by atoms with Crippen molar-refractivity contribution in [2.24, 2.45) is 5.73 Å². The Bertz CT molecular complexity index is 474. The van der Waals surface area contributed by atoms with Crippen molar-refractivity contribution < 1.29 is 8.42 Å². The van der Waals surface area contributed by atoms with Gasteiger partial charge in [0.15, 0.2) is 0 Å². The lowest BCUT2D eigenvalue weighted by Gasteiger charge is -2.15. The normalized spacial score (nSPS) is 23.6. The van der Waals surface area contributed by atoms with Crippen LogP contribution in [-0.2, 0) is 10.2 Å². The molecule has 0 aromatic heterocycles. The zero-order valence-electron chi connectivity index (χ0n) is 8.43. The summed E-state index contributed by atoms with van der Waals surface area (Å²) in [5, 5.41) is 0.573. The van der Waals surface area contributed by atoms with Gasteiger partial charge in [0.25, 0.3) is 0 Å². The van der Waals surface area contributed by atoms with E-state index in [1.165, 1.54) is 4.31 Å². The van der Waals surface area contributed by atoms with Crippen LogP contribution < -0.4 is 14.8 Å². The molecular formula is C9H12ClN3O2S. The molecule has 1 aliphatic heterocycles. The van der Waals surface area contributed by atoms with E-state index in [1.54, 1.807) is 24.3 Å². The fourth-order valence-electron chi connectivity index (χ4n) is 1.58. The topological polar surface area (TPSA) is 75.4 Å². The molecule has 0 aliphatic carbocycles. The highest BCUT2D eigenvalue weighted by molar-refractivity contribution is 7.91. The van der Waals surface area contributed by atoms with Crippen molar-refractivity contribution in [3.05, 3.63) is 29.3 Å². The average molecular weight is 262 g/mol. The zero-order chi connectivity index (χ0) is 11.8. The molecule has 0 bridgehead atoms. The summed E-state index contributed by atoms with van der Waals surface area (Å²) in [5.41, 5.74) is 6.04. The molecule has 0 amide bonds. The number of rotatable bonds is 2. The Labute approximate surface area is 99.4 Å². The van der Waals surface area contributed by atoms with E-state index in [4.69, 9.17) is 17.3 Å². The standard InChI is InChI=1S/C9H12ClN3O2S/c10-7-1-3-9(4-2-7)13-6-8(5-11)12-16(13,14)15/h1-4,8,12H,5-6,11H2. The molecule has 1 aliphatic rings. The summed E-state index contributed by atoms with van der Waals surface area (Å²) in [4.78, 5) is 0. The van der Waals surface area contributed by atoms with Crippen molar-refractivity contribution in [2.75, 3.05) is 17.4 Å². The van der Waals surface area contributed by atoms with Crippen molar-refractivity contribution in [2.45, 2.75) is 6.04 Å². The number of nitrogens with one attached hydrogen (secondary N) is 1. The Hall–Kier alpha value is -0.820. The van der Waals surface area contributed by atoms with E-state index in [1.807, 2.05) is 0 Å². The van der Waals surface area contributed by atoms with Crippen molar-refractivity contribution in [3.63, 3.8) is 0 Å². The Morgan fingerprint density at radius 2 is 2.06 bits per heavy atom. The van der Waals surface area contributed by atoms with Gasteiger partial charge in [0, 0.05) is 11.6 Å². The first-order valence-electron chi connectivity index (χ1n) is 4.78. The molecule has 0 radical (unpaired) electrons. The first kappa shape index (κ1) is 11.7. The summed E-state index contributed by atoms with van der Waals surface area (Å²) in [6.07, 6.45) is 0. The number of halogens is 1. The van der Waals surface area contributed by atoms with Gasteiger partial charge in [-0.05, 0) is 24.3 Å². The highest BCUT2D eigenvalue weighted by Gasteiger charge is 2.34. The molecule has 3 N–H and O–H groups in total. The van der Waals surface area contributed by atoms with Crippen LogP contribution in [0.15, 0.2) is 24.3 Å². The molecule has 0 saturated carbocycles. The van der Waals surface area contributed by atoms with Gasteiger partial charge in [0.2, 0.25) is 0 Å². The molecule has 5 nitrogen and oxygen atoms in total. The van der Waals surface area contributed by atoms with E-state index in [-0.39, 0.29) is 12.6 Å². The number of anilines is 1. The highest BCUT2D eigenvalue weighted by Crippen LogP contribution is 2.23. The fourth-order valence-corrected chi connectivity index (χ4v) is 3.20. The number of nitrogens with two attached hydrogens (primary N) is 1. The zero-order valence-corrected chi connectivity index (χ0v) is 10.0. The van der Waals surface area contributed by atoms with Crippen molar-refractivity contribution in [3.8, 4) is 0 Å². The minimum atomic E-state index is -3.45. The maximum Gasteiger partial charge on any atom is 0.301 e. The van der Waals surface area contributed by atoms with E-state index in [2.05, 4.69) is 4.72 Å². The lowest BCUT2D eigenvalue weighted by atomic mass is 10.3. The van der Waals surface area contributed by atoms with E-state index in [0.717, 1.165) is 0 Å². The first-order valence-corrected chi connectivity index (χ1v) is 6.60. The lowest BCUT2D eigenvalue weighted by molar-refractivity contribution is 0.583. The quantitative estimate of drug-likeness (QED) is 0.805. The Balaban J connectivity index is 2.31.